The van der Waals surface area contributed by atoms with Crippen LogP contribution in [0.2, 0.25) is 0 Å². The predicted octanol–water partition coefficient (Wildman–Crippen LogP) is 6.28. The molecule has 2 aromatic carbocycles. The number of rotatable bonds is 14. The molecule has 9 rings (SSSR count). The molecular formula is C47H56F2N16O2. The number of piperidine rings is 1. The van der Waals surface area contributed by atoms with Crippen molar-refractivity contribution < 1.29 is 18.4 Å². The Kier molecular flexibility index (Phi) is 15.7. The van der Waals surface area contributed by atoms with Gasteiger partial charge in [-0.3, -0.25) is 19.9 Å². The van der Waals surface area contributed by atoms with Gasteiger partial charge in [0.2, 0.25) is 5.91 Å². The summed E-state index contributed by atoms with van der Waals surface area (Å²) in [6, 6.07) is 22.8. The van der Waals surface area contributed by atoms with Gasteiger partial charge in [-0.15, -0.1) is 5.10 Å². The maximum absolute atomic E-state index is 13.7. The maximum atomic E-state index is 13.7. The molecule has 0 bridgehead atoms. The molecule has 0 saturated carbocycles. The van der Waals surface area contributed by atoms with Crippen LogP contribution in [0.4, 0.5) is 32.1 Å². The van der Waals surface area contributed by atoms with Crippen LogP contribution in [0.1, 0.15) is 66.0 Å². The molecule has 20 heteroatoms. The molecule has 1 aliphatic rings. The molecular weight excluding hydrogens is 859 g/mol. The van der Waals surface area contributed by atoms with Crippen LogP contribution in [0.15, 0.2) is 97.3 Å². The van der Waals surface area contributed by atoms with Crippen molar-refractivity contribution in [3.05, 3.63) is 143 Å². The van der Waals surface area contributed by atoms with Crippen LogP contribution in [-0.2, 0) is 9.59 Å². The number of aryl methyl sites for hydroxylation is 2. The number of likely N-dealkylation sites (N-methyl/N-ethyl adjacent to an activating group) is 1. The zero-order chi connectivity index (χ0) is 47.5. The van der Waals surface area contributed by atoms with Crippen molar-refractivity contribution in [1.29, 1.82) is 0 Å². The van der Waals surface area contributed by atoms with Crippen LogP contribution < -0.4 is 21.3 Å². The molecule has 7 heterocycles. The lowest BCUT2D eigenvalue weighted by Crippen LogP contribution is -2.42. The van der Waals surface area contributed by atoms with Crippen molar-refractivity contribution in [3.8, 4) is 0 Å². The molecule has 1 fully saturated rings. The summed E-state index contributed by atoms with van der Waals surface area (Å²) in [5.74, 6) is 3.39. The fraction of sp³-hybridized carbons (Fsp3) is 0.319. The third kappa shape index (κ3) is 12.7. The van der Waals surface area contributed by atoms with E-state index in [0.29, 0.717) is 59.5 Å². The number of halogens is 2. The Hall–Kier alpha value is -7.42. The number of H-pyrrole nitrogens is 2. The number of aldehydes is 1. The number of nitrogens with zero attached hydrogens (tertiary/aromatic N) is 10. The smallest absolute Gasteiger partial charge is 0.235 e. The number of benzene rings is 2. The van der Waals surface area contributed by atoms with Gasteiger partial charge in [-0.25, -0.2) is 27.8 Å². The van der Waals surface area contributed by atoms with Crippen molar-refractivity contribution in [3.63, 3.8) is 0 Å². The molecule has 8 aromatic rings. The number of carbonyl (C=O) groups excluding carboxylic acids is 2. The van der Waals surface area contributed by atoms with Crippen LogP contribution in [0.3, 0.4) is 0 Å². The molecule has 0 spiro atoms. The van der Waals surface area contributed by atoms with E-state index in [1.165, 1.54) is 24.3 Å². The summed E-state index contributed by atoms with van der Waals surface area (Å²) < 4.78 is 30.4. The highest BCUT2D eigenvalue weighted by Gasteiger charge is 2.25. The van der Waals surface area contributed by atoms with Gasteiger partial charge in [-0.1, -0.05) is 31.2 Å². The van der Waals surface area contributed by atoms with Crippen LogP contribution >= 0.6 is 0 Å². The number of likely N-dealkylation sites (tertiary alicyclic amines) is 1. The van der Waals surface area contributed by atoms with Crippen molar-refractivity contribution in [1.82, 2.24) is 70.0 Å². The molecule has 350 valence electrons. The average molecular weight is 915 g/mol. The van der Waals surface area contributed by atoms with E-state index < -0.39 is 6.04 Å². The molecule has 18 nitrogen and oxygen atoms in total. The number of fused-ring (bicyclic) bond motifs is 2. The highest BCUT2D eigenvalue weighted by atomic mass is 19.1. The molecule has 6 aromatic heterocycles. The molecule has 0 aliphatic carbocycles. The van der Waals surface area contributed by atoms with Gasteiger partial charge >= 0.3 is 0 Å². The molecule has 67 heavy (non-hydrogen) atoms. The summed E-state index contributed by atoms with van der Waals surface area (Å²) in [7, 11) is 5.53. The van der Waals surface area contributed by atoms with Gasteiger partial charge in [0, 0.05) is 35.9 Å². The van der Waals surface area contributed by atoms with Gasteiger partial charge in [0.15, 0.2) is 34.9 Å². The largest absolute Gasteiger partial charge is 0.341 e. The lowest BCUT2D eigenvalue weighted by molar-refractivity contribution is -0.123. The Labute approximate surface area is 386 Å². The van der Waals surface area contributed by atoms with Gasteiger partial charge in [0.25, 0.3) is 0 Å². The molecule has 1 saturated heterocycles. The second kappa shape index (κ2) is 22.2. The Morgan fingerprint density at radius 3 is 1.67 bits per heavy atom. The minimum absolute atomic E-state index is 0.123. The first-order valence-corrected chi connectivity index (χ1v) is 21.9. The van der Waals surface area contributed by atoms with Crippen LogP contribution in [0, 0.1) is 31.4 Å². The number of nitrogens with one attached hydrogen (secondary N) is 6. The van der Waals surface area contributed by atoms with E-state index in [1.54, 1.807) is 33.3 Å². The molecule has 0 radical (unpaired) electrons. The standard InChI is InChI=1S/C25H29FN8O.C18H18FN7.C4H9NO/c1-16-9-12-33(13-10-16)15-22(35)28-23(18-5-7-19(26)8-6-18)25-29-24(20-4-3-11-34(20)32-25)27-21-14-17(2)30-31-21;1-11-10-15(24-23-11)21-17-14-4-3-9-26(14)25-18(22-17)16(20-2)12-5-7-13(19)8-6-12;1-5(2)3-4-6/h3-8,11,14,16,23H,9-10,12-13,15H2,1-2H3,(H,28,35)(H2,27,29,30,31,32);3-10,16,20H,1-2H3,(H2,21,22,23,24,25);4H,3H2,1-2H3. The number of hydrogen-bond acceptors (Lipinski definition) is 13. The van der Waals surface area contributed by atoms with Crippen molar-refractivity contribution >= 4 is 46.5 Å². The average Bonchev–Trinajstić information content (AvgIpc) is 4.15. The van der Waals surface area contributed by atoms with E-state index in [0.717, 1.165) is 60.2 Å². The Morgan fingerprint density at radius 2 is 1.25 bits per heavy atom. The fourth-order valence-corrected chi connectivity index (χ4v) is 7.37. The van der Waals surface area contributed by atoms with Gasteiger partial charge in [0.05, 0.1) is 19.1 Å². The SMILES string of the molecule is CN(C)CC=O.CNC(c1ccc(F)cc1)c1nc(Nc2cc(C)[nH]n2)c2cccn2n1.Cc1cc(Nc2nc(C(NC(=O)CN3CCC(C)CC3)c3ccc(F)cc3)nn3cccc23)n[nH]1. The van der Waals surface area contributed by atoms with Crippen molar-refractivity contribution in [2.24, 2.45) is 5.92 Å². The first-order chi connectivity index (χ1) is 32.3. The predicted molar refractivity (Wildman–Crippen MR) is 252 cm³/mol. The first kappa shape index (κ1) is 47.5. The van der Waals surface area contributed by atoms with E-state index in [2.05, 4.69) is 63.7 Å². The number of aromatic amines is 2. The first-order valence-electron chi connectivity index (χ1n) is 21.9. The lowest BCUT2D eigenvalue weighted by atomic mass is 9.99. The van der Waals surface area contributed by atoms with Crippen LogP contribution in [0.5, 0.6) is 0 Å². The summed E-state index contributed by atoms with van der Waals surface area (Å²) in [5, 5.41) is 36.3. The Balaban J connectivity index is 0.000000183. The van der Waals surface area contributed by atoms with E-state index >= 15 is 0 Å². The highest BCUT2D eigenvalue weighted by molar-refractivity contribution is 5.79. The summed E-state index contributed by atoms with van der Waals surface area (Å²) in [4.78, 5) is 36.1. The highest BCUT2D eigenvalue weighted by Crippen LogP contribution is 2.27. The van der Waals surface area contributed by atoms with E-state index in [-0.39, 0.29) is 23.6 Å². The number of anilines is 4. The molecule has 1 amide bonds. The minimum Gasteiger partial charge on any atom is -0.341 e. The second-order valence-electron chi connectivity index (χ2n) is 16.6. The van der Waals surface area contributed by atoms with Gasteiger partial charge in [0.1, 0.15) is 35.0 Å². The monoisotopic (exact) mass is 914 g/mol. The third-order valence-electron chi connectivity index (χ3n) is 10.9. The topological polar surface area (TPSA) is 206 Å². The lowest BCUT2D eigenvalue weighted by Gasteiger charge is -2.30. The normalized spacial score (nSPS) is 13.9. The van der Waals surface area contributed by atoms with E-state index in [9.17, 15) is 18.4 Å². The zero-order valence-electron chi connectivity index (χ0n) is 38.3. The second-order valence-corrected chi connectivity index (χ2v) is 16.6. The summed E-state index contributed by atoms with van der Waals surface area (Å²) >= 11 is 0. The van der Waals surface area contributed by atoms with Crippen molar-refractivity contribution in [2.45, 2.75) is 45.7 Å². The molecule has 1 aliphatic heterocycles. The number of hydrogen-bond donors (Lipinski definition) is 6. The minimum atomic E-state index is -0.653. The summed E-state index contributed by atoms with van der Waals surface area (Å²) in [5.41, 5.74) is 5.04. The number of amides is 1. The van der Waals surface area contributed by atoms with Crippen LogP contribution in [-0.4, -0.2) is 119 Å². The Morgan fingerprint density at radius 1 is 0.776 bits per heavy atom. The quantitative estimate of drug-likeness (QED) is 0.0666. The van der Waals surface area contributed by atoms with Crippen molar-refractivity contribution in [2.75, 3.05) is 58.0 Å². The molecule has 6 N–H and O–H groups in total. The summed E-state index contributed by atoms with van der Waals surface area (Å²) in [6.07, 6.45) is 6.73. The molecule has 2 unspecified atom stereocenters. The zero-order valence-corrected chi connectivity index (χ0v) is 38.3. The Bertz CT molecular complexity index is 2850. The van der Waals surface area contributed by atoms with Gasteiger partial charge in [-0.05, 0) is 126 Å². The molecule has 2 atom stereocenters. The van der Waals surface area contributed by atoms with Gasteiger partial charge in [-0.2, -0.15) is 15.3 Å². The van der Waals surface area contributed by atoms with Gasteiger partial charge < -0.3 is 31.0 Å². The third-order valence-corrected chi connectivity index (χ3v) is 10.9. The van der Waals surface area contributed by atoms with E-state index in [1.807, 2.05) is 88.7 Å². The van der Waals surface area contributed by atoms with E-state index in [4.69, 9.17) is 9.97 Å². The maximum Gasteiger partial charge on any atom is 0.235 e. The number of aromatic nitrogens is 10. The number of carbonyl (C=O) groups is 2. The summed E-state index contributed by atoms with van der Waals surface area (Å²) in [6.45, 7) is 8.72. The van der Waals surface area contributed by atoms with Crippen LogP contribution in [0.25, 0.3) is 11.0 Å². The fourth-order valence-electron chi connectivity index (χ4n) is 7.37.